The second-order valence-electron chi connectivity index (χ2n) is 10.9. The van der Waals surface area contributed by atoms with Crippen molar-refractivity contribution in [3.63, 3.8) is 0 Å². The summed E-state index contributed by atoms with van der Waals surface area (Å²) in [4.78, 5) is 31.9. The lowest BCUT2D eigenvalue weighted by Crippen LogP contribution is -2.49. The van der Waals surface area contributed by atoms with Gasteiger partial charge in [-0.15, -0.1) is 0 Å². The molecule has 0 bridgehead atoms. The van der Waals surface area contributed by atoms with Gasteiger partial charge in [0, 0.05) is 58.5 Å². The fourth-order valence-electron chi connectivity index (χ4n) is 4.36. The number of urea groups is 1. The third-order valence-corrected chi connectivity index (χ3v) is 6.76. The SMILES string of the molecule is CC(C)NC(=O)N(C)C[C@H]1OCCCC[C@H](C)Oc2ccc(N(C)C)cc2C(=O)N([C@@H](C)CO)C[C@@H]1C. The second kappa shape index (κ2) is 14.4. The van der Waals surface area contributed by atoms with E-state index in [1.165, 1.54) is 0 Å². The molecule has 0 saturated heterocycles. The van der Waals surface area contributed by atoms with Gasteiger partial charge in [-0.05, 0) is 65.2 Å². The van der Waals surface area contributed by atoms with Crippen molar-refractivity contribution in [1.29, 1.82) is 0 Å². The molecule has 0 spiro atoms. The summed E-state index contributed by atoms with van der Waals surface area (Å²) in [7, 11) is 5.63. The van der Waals surface area contributed by atoms with Crippen LogP contribution in [0.3, 0.4) is 0 Å². The van der Waals surface area contributed by atoms with Crippen LogP contribution in [0.4, 0.5) is 10.5 Å². The summed E-state index contributed by atoms with van der Waals surface area (Å²) in [5, 5.41) is 13.0. The first-order chi connectivity index (χ1) is 17.4. The lowest BCUT2D eigenvalue weighted by Gasteiger charge is -2.36. The number of nitrogens with zero attached hydrogens (tertiary/aromatic N) is 3. The van der Waals surface area contributed by atoms with Crippen molar-refractivity contribution in [3.8, 4) is 5.75 Å². The molecule has 0 aliphatic carbocycles. The molecule has 2 rings (SSSR count). The van der Waals surface area contributed by atoms with Crippen LogP contribution in [0.25, 0.3) is 0 Å². The van der Waals surface area contributed by atoms with Gasteiger partial charge in [0.15, 0.2) is 0 Å². The highest BCUT2D eigenvalue weighted by Crippen LogP contribution is 2.29. The summed E-state index contributed by atoms with van der Waals surface area (Å²) < 4.78 is 12.6. The Kier molecular flexibility index (Phi) is 12.0. The minimum absolute atomic E-state index is 0.0344. The topological polar surface area (TPSA) is 94.6 Å². The van der Waals surface area contributed by atoms with Gasteiger partial charge >= 0.3 is 6.03 Å². The Morgan fingerprint density at radius 3 is 2.51 bits per heavy atom. The molecule has 37 heavy (non-hydrogen) atoms. The molecule has 210 valence electrons. The number of rotatable bonds is 6. The van der Waals surface area contributed by atoms with Gasteiger partial charge in [-0.1, -0.05) is 6.92 Å². The Bertz CT molecular complexity index is 878. The fraction of sp³-hybridized carbons (Fsp3) is 0.714. The van der Waals surface area contributed by atoms with Crippen LogP contribution in [-0.4, -0.2) is 98.6 Å². The van der Waals surface area contributed by atoms with E-state index in [2.05, 4.69) is 5.32 Å². The predicted molar refractivity (Wildman–Crippen MR) is 147 cm³/mol. The Labute approximate surface area is 223 Å². The molecule has 1 aromatic rings. The molecule has 2 N–H and O–H groups in total. The van der Waals surface area contributed by atoms with Crippen molar-refractivity contribution in [1.82, 2.24) is 15.1 Å². The minimum Gasteiger partial charge on any atom is -0.490 e. The van der Waals surface area contributed by atoms with Crippen molar-refractivity contribution < 1.29 is 24.2 Å². The normalized spacial score (nSPS) is 22.5. The number of hydrogen-bond acceptors (Lipinski definition) is 6. The Hall–Kier alpha value is -2.52. The number of likely N-dealkylation sites (N-methyl/N-ethyl adjacent to an activating group) is 1. The average molecular weight is 521 g/mol. The van der Waals surface area contributed by atoms with Crippen molar-refractivity contribution in [3.05, 3.63) is 23.8 Å². The maximum absolute atomic E-state index is 14.0. The molecule has 1 aromatic carbocycles. The average Bonchev–Trinajstić information content (AvgIpc) is 2.84. The van der Waals surface area contributed by atoms with E-state index in [1.54, 1.807) is 16.8 Å². The largest absolute Gasteiger partial charge is 0.490 e. The Morgan fingerprint density at radius 2 is 1.89 bits per heavy atom. The number of hydrogen-bond donors (Lipinski definition) is 2. The summed E-state index contributed by atoms with van der Waals surface area (Å²) in [6.45, 7) is 10.9. The van der Waals surface area contributed by atoms with Crippen LogP contribution >= 0.6 is 0 Å². The highest BCUT2D eigenvalue weighted by Gasteiger charge is 2.31. The molecular formula is C28H48N4O5. The molecule has 1 heterocycles. The number of ether oxygens (including phenoxy) is 2. The zero-order chi connectivity index (χ0) is 27.7. The second-order valence-corrected chi connectivity index (χ2v) is 10.9. The van der Waals surface area contributed by atoms with E-state index in [-0.39, 0.29) is 42.7 Å². The number of fused-ring (bicyclic) bond motifs is 1. The van der Waals surface area contributed by atoms with Gasteiger partial charge in [0.25, 0.3) is 5.91 Å². The smallest absolute Gasteiger partial charge is 0.317 e. The van der Waals surface area contributed by atoms with Crippen molar-refractivity contribution in [2.45, 2.75) is 78.2 Å². The highest BCUT2D eigenvalue weighted by atomic mass is 16.5. The molecule has 1 aliphatic heterocycles. The van der Waals surface area contributed by atoms with E-state index < -0.39 is 6.04 Å². The summed E-state index contributed by atoms with van der Waals surface area (Å²) in [5.41, 5.74) is 1.38. The van der Waals surface area contributed by atoms with E-state index in [1.807, 2.05) is 71.8 Å². The zero-order valence-corrected chi connectivity index (χ0v) is 24.0. The van der Waals surface area contributed by atoms with Gasteiger partial charge in [-0.3, -0.25) is 4.79 Å². The van der Waals surface area contributed by atoms with E-state index >= 15 is 0 Å². The van der Waals surface area contributed by atoms with E-state index in [0.29, 0.717) is 31.0 Å². The molecule has 0 saturated carbocycles. The van der Waals surface area contributed by atoms with Gasteiger partial charge in [0.2, 0.25) is 0 Å². The number of aliphatic hydroxyl groups is 1. The first kappa shape index (κ1) is 30.7. The summed E-state index contributed by atoms with van der Waals surface area (Å²) in [5.74, 6) is 0.275. The molecule has 1 aliphatic rings. The van der Waals surface area contributed by atoms with Crippen molar-refractivity contribution >= 4 is 17.6 Å². The molecule has 0 radical (unpaired) electrons. The van der Waals surface area contributed by atoms with Gasteiger partial charge in [-0.2, -0.15) is 0 Å². The van der Waals surface area contributed by atoms with Crippen LogP contribution < -0.4 is 15.0 Å². The van der Waals surface area contributed by atoms with Crippen LogP contribution in [0.5, 0.6) is 5.75 Å². The van der Waals surface area contributed by atoms with Gasteiger partial charge in [-0.25, -0.2) is 4.79 Å². The quantitative estimate of drug-likeness (QED) is 0.595. The van der Waals surface area contributed by atoms with Gasteiger partial charge in [0.1, 0.15) is 5.75 Å². The van der Waals surface area contributed by atoms with Crippen LogP contribution in [0, 0.1) is 5.92 Å². The molecule has 9 nitrogen and oxygen atoms in total. The van der Waals surface area contributed by atoms with E-state index in [9.17, 15) is 14.7 Å². The summed E-state index contributed by atoms with van der Waals surface area (Å²) in [6, 6.07) is 5.15. The predicted octanol–water partition coefficient (Wildman–Crippen LogP) is 3.60. The number of aliphatic hydroxyl groups excluding tert-OH is 1. The standard InChI is InChI=1S/C28H48N4O5/c1-19(2)29-28(35)31(8)17-26-20(3)16-32(21(4)18-33)27(34)24-15-23(30(6)7)12-13-25(24)37-22(5)11-9-10-14-36-26/h12-13,15,19-22,26,33H,9-11,14,16-18H2,1-8H3,(H,29,35)/t20-,21-,22-,26+/m0/s1. The summed E-state index contributed by atoms with van der Waals surface area (Å²) in [6.07, 6.45) is 2.30. The molecule has 0 aromatic heterocycles. The Balaban J connectivity index is 2.43. The first-order valence-corrected chi connectivity index (χ1v) is 13.5. The van der Waals surface area contributed by atoms with Crippen molar-refractivity contribution in [2.24, 2.45) is 5.92 Å². The maximum atomic E-state index is 14.0. The van der Waals surface area contributed by atoms with Crippen LogP contribution in [0.2, 0.25) is 0 Å². The van der Waals surface area contributed by atoms with Crippen LogP contribution in [0.1, 0.15) is 64.2 Å². The van der Waals surface area contributed by atoms with Crippen molar-refractivity contribution in [2.75, 3.05) is 52.3 Å². The minimum atomic E-state index is -0.404. The number of amides is 3. The van der Waals surface area contributed by atoms with Gasteiger partial charge in [0.05, 0.1) is 30.4 Å². The fourth-order valence-corrected chi connectivity index (χ4v) is 4.36. The lowest BCUT2D eigenvalue weighted by atomic mass is 10.0. The van der Waals surface area contributed by atoms with Crippen LogP contribution in [-0.2, 0) is 4.74 Å². The highest BCUT2D eigenvalue weighted by molar-refractivity contribution is 5.98. The molecule has 3 amide bonds. The molecule has 0 unspecified atom stereocenters. The molecule has 9 heteroatoms. The number of benzene rings is 1. The monoisotopic (exact) mass is 520 g/mol. The third kappa shape index (κ3) is 9.07. The number of anilines is 1. The third-order valence-electron chi connectivity index (χ3n) is 6.76. The van der Waals surface area contributed by atoms with E-state index in [0.717, 1.165) is 24.9 Å². The molecular weight excluding hydrogens is 472 g/mol. The van der Waals surface area contributed by atoms with Gasteiger partial charge < -0.3 is 34.6 Å². The Morgan fingerprint density at radius 1 is 1.19 bits per heavy atom. The number of carbonyl (C=O) groups is 2. The lowest BCUT2D eigenvalue weighted by molar-refractivity contribution is -0.0122. The van der Waals surface area contributed by atoms with E-state index in [4.69, 9.17) is 9.47 Å². The number of carbonyl (C=O) groups excluding carboxylic acids is 2. The molecule has 0 fully saturated rings. The molecule has 4 atom stereocenters. The number of nitrogens with one attached hydrogen (secondary N) is 1. The summed E-state index contributed by atoms with van der Waals surface area (Å²) >= 11 is 0. The maximum Gasteiger partial charge on any atom is 0.317 e. The first-order valence-electron chi connectivity index (χ1n) is 13.5. The van der Waals surface area contributed by atoms with Crippen LogP contribution in [0.15, 0.2) is 18.2 Å². The zero-order valence-electron chi connectivity index (χ0n) is 24.0.